The second-order valence-corrected chi connectivity index (χ2v) is 5.11. The summed E-state index contributed by atoms with van der Waals surface area (Å²) in [7, 11) is 0. The van der Waals surface area contributed by atoms with Gasteiger partial charge < -0.3 is 0 Å². The van der Waals surface area contributed by atoms with Crippen molar-refractivity contribution in [3.63, 3.8) is 0 Å². The van der Waals surface area contributed by atoms with Crippen LogP contribution in [0.5, 0.6) is 0 Å². The third-order valence-corrected chi connectivity index (χ3v) is 2.10. The molecule has 0 amide bonds. The first-order chi connectivity index (χ1) is 5.99. The summed E-state index contributed by atoms with van der Waals surface area (Å²) >= 11 is 0. The summed E-state index contributed by atoms with van der Waals surface area (Å²) in [5, 5.41) is 0. The number of hydrogen-bond acceptors (Lipinski definition) is 0. The molecule has 0 rings (SSSR count). The van der Waals surface area contributed by atoms with Crippen molar-refractivity contribution in [2.75, 3.05) is 0 Å². The molecular formula is C13H26. The molecule has 0 fully saturated rings. The van der Waals surface area contributed by atoms with E-state index in [-0.39, 0.29) is 0 Å². The zero-order valence-corrected chi connectivity index (χ0v) is 10.1. The van der Waals surface area contributed by atoms with Crippen LogP contribution in [0.15, 0.2) is 11.6 Å². The number of rotatable bonds is 5. The highest BCUT2D eigenvalue weighted by molar-refractivity contribution is 5.04. The van der Waals surface area contributed by atoms with Crippen molar-refractivity contribution in [1.82, 2.24) is 0 Å². The molecule has 0 N–H and O–H groups in total. The lowest BCUT2D eigenvalue weighted by atomic mass is 9.86. The van der Waals surface area contributed by atoms with E-state index in [0.29, 0.717) is 5.41 Å². The van der Waals surface area contributed by atoms with E-state index in [0.717, 1.165) is 0 Å². The Labute approximate surface area is 84.4 Å². The highest BCUT2D eigenvalue weighted by Crippen LogP contribution is 2.27. The van der Waals surface area contributed by atoms with Gasteiger partial charge >= 0.3 is 0 Å². The second kappa shape index (κ2) is 6.23. The second-order valence-electron chi connectivity index (χ2n) is 5.11. The normalized spacial score (nSPS) is 13.5. The summed E-state index contributed by atoms with van der Waals surface area (Å²) in [5.41, 5.74) is 2.12. The molecule has 0 aromatic rings. The van der Waals surface area contributed by atoms with E-state index < -0.39 is 0 Å². The minimum Gasteiger partial charge on any atom is -0.0856 e. The van der Waals surface area contributed by atoms with Crippen LogP contribution in [0, 0.1) is 5.41 Å². The van der Waals surface area contributed by atoms with Gasteiger partial charge in [-0.1, -0.05) is 52.7 Å². The quantitative estimate of drug-likeness (QED) is 0.528. The van der Waals surface area contributed by atoms with Crippen LogP contribution in [-0.2, 0) is 0 Å². The van der Waals surface area contributed by atoms with Crippen molar-refractivity contribution in [1.29, 1.82) is 0 Å². The van der Waals surface area contributed by atoms with Crippen molar-refractivity contribution in [2.45, 2.75) is 66.7 Å². The van der Waals surface area contributed by atoms with E-state index in [1.807, 2.05) is 0 Å². The Bertz CT molecular complexity index is 146. The first kappa shape index (κ1) is 12.7. The molecule has 0 atom stereocenters. The van der Waals surface area contributed by atoms with Crippen LogP contribution in [-0.4, -0.2) is 0 Å². The molecule has 0 saturated heterocycles. The van der Waals surface area contributed by atoms with Crippen LogP contribution in [0.4, 0.5) is 0 Å². The summed E-state index contributed by atoms with van der Waals surface area (Å²) in [6.45, 7) is 11.5. The topological polar surface area (TPSA) is 0 Å². The summed E-state index contributed by atoms with van der Waals surface area (Å²) in [4.78, 5) is 0. The molecule has 0 aliphatic carbocycles. The van der Waals surface area contributed by atoms with Gasteiger partial charge in [0.1, 0.15) is 0 Å². The Balaban J connectivity index is 4.03. The van der Waals surface area contributed by atoms with Gasteiger partial charge in [-0.3, -0.25) is 0 Å². The van der Waals surface area contributed by atoms with Crippen LogP contribution in [0.3, 0.4) is 0 Å². The summed E-state index contributed by atoms with van der Waals surface area (Å²) < 4.78 is 0. The SMILES string of the molecule is CCC=C(CCCC)CC(C)(C)C. The van der Waals surface area contributed by atoms with E-state index in [2.05, 4.69) is 40.7 Å². The lowest BCUT2D eigenvalue weighted by Crippen LogP contribution is -2.06. The Morgan fingerprint density at radius 1 is 1.15 bits per heavy atom. The largest absolute Gasteiger partial charge is 0.0856 e. The molecule has 0 spiro atoms. The van der Waals surface area contributed by atoms with E-state index >= 15 is 0 Å². The Kier molecular flexibility index (Phi) is 6.11. The molecule has 0 nitrogen and oxygen atoms in total. The van der Waals surface area contributed by atoms with Crippen LogP contribution in [0.25, 0.3) is 0 Å². The third-order valence-electron chi connectivity index (χ3n) is 2.10. The molecule has 0 aromatic heterocycles. The van der Waals surface area contributed by atoms with E-state index in [1.165, 1.54) is 32.1 Å². The highest BCUT2D eigenvalue weighted by Gasteiger charge is 2.12. The molecule has 0 unspecified atom stereocenters. The van der Waals surface area contributed by atoms with Gasteiger partial charge in [0, 0.05) is 0 Å². The highest BCUT2D eigenvalue weighted by atomic mass is 14.2. The van der Waals surface area contributed by atoms with Gasteiger partial charge in [-0.25, -0.2) is 0 Å². The maximum absolute atomic E-state index is 2.42. The molecular weight excluding hydrogens is 156 g/mol. The molecule has 0 heterocycles. The number of hydrogen-bond donors (Lipinski definition) is 0. The minimum atomic E-state index is 0.453. The molecule has 0 radical (unpaired) electrons. The predicted octanol–water partition coefficient (Wildman–Crippen LogP) is 4.95. The molecule has 0 aliphatic rings. The smallest absolute Gasteiger partial charge is 0.0271 e. The van der Waals surface area contributed by atoms with Gasteiger partial charge in [0.15, 0.2) is 0 Å². The molecule has 13 heavy (non-hydrogen) atoms. The fourth-order valence-corrected chi connectivity index (χ4v) is 1.64. The average Bonchev–Trinajstić information content (AvgIpc) is 1.98. The van der Waals surface area contributed by atoms with Gasteiger partial charge in [-0.15, -0.1) is 0 Å². The lowest BCUT2D eigenvalue weighted by Gasteiger charge is -2.20. The Hall–Kier alpha value is -0.260. The van der Waals surface area contributed by atoms with Crippen LogP contribution < -0.4 is 0 Å². The summed E-state index contributed by atoms with van der Waals surface area (Å²) in [5.74, 6) is 0. The zero-order valence-electron chi connectivity index (χ0n) is 10.1. The van der Waals surface area contributed by atoms with E-state index in [1.54, 1.807) is 5.57 Å². The summed E-state index contributed by atoms with van der Waals surface area (Å²) in [6, 6.07) is 0. The molecule has 0 heteroatoms. The minimum absolute atomic E-state index is 0.453. The van der Waals surface area contributed by atoms with Gasteiger partial charge in [-0.2, -0.15) is 0 Å². The van der Waals surface area contributed by atoms with Crippen molar-refractivity contribution in [3.8, 4) is 0 Å². The van der Waals surface area contributed by atoms with Gasteiger partial charge in [0.25, 0.3) is 0 Å². The van der Waals surface area contributed by atoms with Crippen LogP contribution in [0.1, 0.15) is 66.7 Å². The average molecular weight is 182 g/mol. The maximum Gasteiger partial charge on any atom is -0.0271 e. The zero-order chi connectivity index (χ0) is 10.3. The molecule has 78 valence electrons. The fourth-order valence-electron chi connectivity index (χ4n) is 1.64. The molecule has 0 aromatic carbocycles. The van der Waals surface area contributed by atoms with E-state index in [9.17, 15) is 0 Å². The predicted molar refractivity (Wildman–Crippen MR) is 62.0 cm³/mol. The molecule has 0 bridgehead atoms. The first-order valence-electron chi connectivity index (χ1n) is 5.67. The fraction of sp³-hybridized carbons (Fsp3) is 0.846. The van der Waals surface area contributed by atoms with Crippen molar-refractivity contribution >= 4 is 0 Å². The van der Waals surface area contributed by atoms with Crippen molar-refractivity contribution < 1.29 is 0 Å². The molecule has 0 aliphatic heterocycles. The van der Waals surface area contributed by atoms with Gasteiger partial charge in [0.05, 0.1) is 0 Å². The summed E-state index contributed by atoms with van der Waals surface area (Å²) in [6.07, 6.45) is 8.84. The molecule has 0 saturated carbocycles. The maximum atomic E-state index is 2.42. The Morgan fingerprint density at radius 2 is 1.77 bits per heavy atom. The van der Waals surface area contributed by atoms with Crippen LogP contribution >= 0.6 is 0 Å². The van der Waals surface area contributed by atoms with Crippen molar-refractivity contribution in [2.24, 2.45) is 5.41 Å². The van der Waals surface area contributed by atoms with Gasteiger partial charge in [0.2, 0.25) is 0 Å². The first-order valence-corrected chi connectivity index (χ1v) is 5.67. The van der Waals surface area contributed by atoms with Crippen LogP contribution in [0.2, 0.25) is 0 Å². The van der Waals surface area contributed by atoms with E-state index in [4.69, 9.17) is 0 Å². The third kappa shape index (κ3) is 8.08. The Morgan fingerprint density at radius 3 is 2.15 bits per heavy atom. The standard InChI is InChI=1S/C13H26/c1-6-8-10-12(9-7-2)11-13(3,4)5/h9H,6-8,10-11H2,1-5H3. The van der Waals surface area contributed by atoms with Crippen molar-refractivity contribution in [3.05, 3.63) is 11.6 Å². The monoisotopic (exact) mass is 182 g/mol. The lowest BCUT2D eigenvalue weighted by molar-refractivity contribution is 0.402. The van der Waals surface area contributed by atoms with Gasteiger partial charge in [-0.05, 0) is 31.1 Å². The number of unbranched alkanes of at least 4 members (excludes halogenated alkanes) is 1. The number of allylic oxidation sites excluding steroid dienone is 2.